The number of halogens is 2. The normalized spacial score (nSPS) is 14.3. The van der Waals surface area contributed by atoms with Crippen LogP contribution >= 0.6 is 27.5 Å². The molecular formula is C24H23BrClN7O2. The van der Waals surface area contributed by atoms with Crippen molar-refractivity contribution in [1.82, 2.24) is 24.5 Å². The number of aromatic nitrogens is 4. The van der Waals surface area contributed by atoms with Gasteiger partial charge in [0.1, 0.15) is 11.6 Å². The predicted molar refractivity (Wildman–Crippen MR) is 138 cm³/mol. The summed E-state index contributed by atoms with van der Waals surface area (Å²) in [5.41, 5.74) is 3.33. The molecule has 9 nitrogen and oxygen atoms in total. The van der Waals surface area contributed by atoms with Crippen LogP contribution in [0.15, 0.2) is 59.5 Å². The second-order valence-electron chi connectivity index (χ2n) is 8.37. The number of piperidine rings is 1. The number of aromatic hydroxyl groups is 1. The lowest BCUT2D eigenvalue weighted by Crippen LogP contribution is -2.40. The maximum absolute atomic E-state index is 12.7. The summed E-state index contributed by atoms with van der Waals surface area (Å²) in [7, 11) is 0. The first-order valence-corrected chi connectivity index (χ1v) is 12.4. The van der Waals surface area contributed by atoms with E-state index in [1.807, 2.05) is 24.4 Å². The molecule has 3 aromatic heterocycles. The topological polar surface area (TPSA) is 108 Å². The smallest absolute Gasteiger partial charge is 0.321 e. The fourth-order valence-corrected chi connectivity index (χ4v) is 4.68. The molecule has 1 aromatic carbocycles. The number of fused-ring (bicyclic) bond motifs is 1. The number of hydrogen-bond donors (Lipinski definition) is 3. The van der Waals surface area contributed by atoms with Gasteiger partial charge in [0.15, 0.2) is 5.65 Å². The van der Waals surface area contributed by atoms with Crippen LogP contribution in [0.3, 0.4) is 0 Å². The number of nitrogens with zero attached hydrogens (tertiary/aromatic N) is 5. The van der Waals surface area contributed by atoms with Crippen LogP contribution in [0.25, 0.3) is 5.65 Å². The number of phenolic OH excluding ortho intramolecular Hbond substituents is 1. The Morgan fingerprint density at radius 2 is 2.03 bits per heavy atom. The molecule has 1 saturated heterocycles. The van der Waals surface area contributed by atoms with Crippen LogP contribution in [-0.4, -0.2) is 48.7 Å². The standard InChI is InChI=1S/C24H23BrClN7O2/c25-18-14-29-33-22(28-13-15-2-1-7-27-12-15)11-20(31-23(18)33)16-5-8-32(9-6-16)24(35)30-17-3-4-21(34)19(26)10-17/h1-4,7,10-12,14,16,28,34H,5-6,8-9,13H2,(H,30,35). The summed E-state index contributed by atoms with van der Waals surface area (Å²) in [4.78, 5) is 23.6. The molecule has 5 rings (SSSR count). The molecule has 0 atom stereocenters. The zero-order valence-electron chi connectivity index (χ0n) is 18.7. The highest BCUT2D eigenvalue weighted by atomic mass is 79.9. The summed E-state index contributed by atoms with van der Waals surface area (Å²) in [5, 5.41) is 20.5. The summed E-state index contributed by atoms with van der Waals surface area (Å²) in [6, 6.07) is 10.4. The zero-order chi connectivity index (χ0) is 24.4. The Morgan fingerprint density at radius 1 is 1.20 bits per heavy atom. The third-order valence-corrected chi connectivity index (χ3v) is 6.91. The van der Waals surface area contributed by atoms with Gasteiger partial charge in [-0.2, -0.15) is 9.61 Å². The van der Waals surface area contributed by atoms with Crippen LogP contribution in [0.1, 0.15) is 30.0 Å². The van der Waals surface area contributed by atoms with Crippen molar-refractivity contribution in [3.8, 4) is 5.75 Å². The molecular weight excluding hydrogens is 534 g/mol. The van der Waals surface area contributed by atoms with E-state index in [2.05, 4.69) is 36.6 Å². The molecule has 1 aliphatic rings. The number of rotatable bonds is 5. The molecule has 0 saturated carbocycles. The van der Waals surface area contributed by atoms with Gasteiger partial charge in [-0.1, -0.05) is 17.7 Å². The molecule has 0 spiro atoms. The molecule has 3 N–H and O–H groups in total. The zero-order valence-corrected chi connectivity index (χ0v) is 21.0. The molecule has 0 radical (unpaired) electrons. The van der Waals surface area contributed by atoms with Gasteiger partial charge in [0.05, 0.1) is 15.7 Å². The maximum Gasteiger partial charge on any atom is 0.321 e. The highest BCUT2D eigenvalue weighted by Gasteiger charge is 2.26. The number of urea groups is 1. The summed E-state index contributed by atoms with van der Waals surface area (Å²) >= 11 is 9.50. The third kappa shape index (κ3) is 5.18. The number of carbonyl (C=O) groups is 1. The van der Waals surface area contributed by atoms with Gasteiger partial charge in [-0.3, -0.25) is 4.98 Å². The predicted octanol–water partition coefficient (Wildman–Crippen LogP) is 5.27. The quantitative estimate of drug-likeness (QED) is 0.289. The maximum atomic E-state index is 12.7. The first-order valence-electron chi connectivity index (χ1n) is 11.2. The molecule has 0 bridgehead atoms. The van der Waals surface area contributed by atoms with E-state index < -0.39 is 0 Å². The van der Waals surface area contributed by atoms with Crippen LogP contribution in [-0.2, 0) is 6.54 Å². The Kier molecular flexibility index (Phi) is 6.74. The lowest BCUT2D eigenvalue weighted by Gasteiger charge is -2.32. The Balaban J connectivity index is 1.28. The largest absolute Gasteiger partial charge is 0.506 e. The van der Waals surface area contributed by atoms with Crippen LogP contribution in [0.5, 0.6) is 5.75 Å². The molecule has 4 aromatic rings. The van der Waals surface area contributed by atoms with Gasteiger partial charge in [0, 0.05) is 55.4 Å². The number of benzene rings is 1. The summed E-state index contributed by atoms with van der Waals surface area (Å²) in [6.45, 7) is 1.83. The monoisotopic (exact) mass is 555 g/mol. The van der Waals surface area contributed by atoms with Crippen molar-refractivity contribution in [1.29, 1.82) is 0 Å². The molecule has 2 amide bonds. The van der Waals surface area contributed by atoms with Crippen molar-refractivity contribution in [2.75, 3.05) is 23.7 Å². The van der Waals surface area contributed by atoms with Crippen molar-refractivity contribution in [3.05, 3.63) is 75.7 Å². The van der Waals surface area contributed by atoms with Crippen molar-refractivity contribution in [3.63, 3.8) is 0 Å². The van der Waals surface area contributed by atoms with E-state index in [9.17, 15) is 9.90 Å². The minimum atomic E-state index is -0.189. The fraction of sp³-hybridized carbons (Fsp3) is 0.250. The lowest BCUT2D eigenvalue weighted by atomic mass is 9.93. The van der Waals surface area contributed by atoms with Gasteiger partial charge in [-0.05, 0) is 58.6 Å². The number of phenols is 1. The molecule has 11 heteroatoms. The van der Waals surface area contributed by atoms with Crippen LogP contribution in [0.2, 0.25) is 5.02 Å². The number of hydrogen-bond acceptors (Lipinski definition) is 6. The molecule has 1 fully saturated rings. The van der Waals surface area contributed by atoms with E-state index >= 15 is 0 Å². The fourth-order valence-electron chi connectivity index (χ4n) is 4.15. The minimum absolute atomic E-state index is 0.0194. The third-order valence-electron chi connectivity index (χ3n) is 6.04. The summed E-state index contributed by atoms with van der Waals surface area (Å²) < 4.78 is 2.61. The van der Waals surface area contributed by atoms with E-state index in [1.165, 1.54) is 12.1 Å². The number of anilines is 2. The van der Waals surface area contributed by atoms with Crippen LogP contribution in [0, 0.1) is 0 Å². The van der Waals surface area contributed by atoms with Crippen LogP contribution in [0.4, 0.5) is 16.3 Å². The number of carbonyl (C=O) groups excluding carboxylic acids is 1. The second kappa shape index (κ2) is 10.1. The van der Waals surface area contributed by atoms with E-state index in [0.717, 1.165) is 40.0 Å². The van der Waals surface area contributed by atoms with Crippen molar-refractivity contribution in [2.24, 2.45) is 0 Å². The van der Waals surface area contributed by atoms with Crippen molar-refractivity contribution in [2.45, 2.75) is 25.3 Å². The number of likely N-dealkylation sites (tertiary alicyclic amines) is 1. The second-order valence-corrected chi connectivity index (χ2v) is 9.63. The number of pyridine rings is 1. The first-order chi connectivity index (χ1) is 17.0. The van der Waals surface area contributed by atoms with Gasteiger partial charge in [0.25, 0.3) is 0 Å². The average Bonchev–Trinajstić information content (AvgIpc) is 3.26. The SMILES string of the molecule is O=C(Nc1ccc(O)c(Cl)c1)N1CCC(c2cc(NCc3cccnc3)n3ncc(Br)c3n2)CC1. The molecule has 0 unspecified atom stereocenters. The van der Waals surface area contributed by atoms with E-state index in [1.54, 1.807) is 27.9 Å². The van der Waals surface area contributed by atoms with Gasteiger partial charge < -0.3 is 20.6 Å². The van der Waals surface area contributed by atoms with Gasteiger partial charge in [-0.25, -0.2) is 9.78 Å². The first kappa shape index (κ1) is 23.4. The lowest BCUT2D eigenvalue weighted by molar-refractivity contribution is 0.194. The van der Waals surface area contributed by atoms with E-state index in [0.29, 0.717) is 25.3 Å². The highest BCUT2D eigenvalue weighted by Crippen LogP contribution is 2.31. The Labute approximate surface area is 215 Å². The Morgan fingerprint density at radius 3 is 2.77 bits per heavy atom. The van der Waals surface area contributed by atoms with Gasteiger partial charge in [0.2, 0.25) is 0 Å². The molecule has 1 aliphatic heterocycles. The van der Waals surface area contributed by atoms with E-state index in [4.69, 9.17) is 16.6 Å². The van der Waals surface area contributed by atoms with Gasteiger partial charge in [-0.15, -0.1) is 0 Å². The van der Waals surface area contributed by atoms with Crippen molar-refractivity contribution >= 4 is 50.7 Å². The molecule has 180 valence electrons. The number of nitrogens with one attached hydrogen (secondary N) is 2. The summed E-state index contributed by atoms with van der Waals surface area (Å²) in [6.07, 6.45) is 6.91. The molecule has 4 heterocycles. The summed E-state index contributed by atoms with van der Waals surface area (Å²) in [5.74, 6) is 1.05. The molecule has 0 aliphatic carbocycles. The van der Waals surface area contributed by atoms with Gasteiger partial charge >= 0.3 is 6.03 Å². The van der Waals surface area contributed by atoms with Crippen molar-refractivity contribution < 1.29 is 9.90 Å². The Hall–Kier alpha value is -3.37. The van der Waals surface area contributed by atoms with Crippen LogP contribution < -0.4 is 10.6 Å². The highest BCUT2D eigenvalue weighted by molar-refractivity contribution is 9.10. The Bertz CT molecular complexity index is 1360. The number of amides is 2. The molecule has 35 heavy (non-hydrogen) atoms. The average molecular weight is 557 g/mol. The van der Waals surface area contributed by atoms with E-state index in [-0.39, 0.29) is 22.7 Å². The minimum Gasteiger partial charge on any atom is -0.506 e.